The first-order valence-corrected chi connectivity index (χ1v) is 10.1. The van der Waals surface area contributed by atoms with E-state index in [0.29, 0.717) is 5.92 Å². The van der Waals surface area contributed by atoms with Crippen molar-refractivity contribution < 1.29 is 9.18 Å². The van der Waals surface area contributed by atoms with Gasteiger partial charge in [0, 0.05) is 37.6 Å². The third-order valence-corrected chi connectivity index (χ3v) is 5.49. The summed E-state index contributed by atoms with van der Waals surface area (Å²) in [5.41, 5.74) is 3.09. The van der Waals surface area contributed by atoms with Gasteiger partial charge in [-0.15, -0.1) is 0 Å². The molecule has 1 N–H and O–H groups in total. The van der Waals surface area contributed by atoms with Crippen LogP contribution in [-0.4, -0.2) is 43.0 Å². The maximum atomic E-state index is 13.2. The third-order valence-electron chi connectivity index (χ3n) is 5.49. The molecule has 2 aromatic rings. The summed E-state index contributed by atoms with van der Waals surface area (Å²) in [5.74, 6) is 0.171. The van der Waals surface area contributed by atoms with Crippen LogP contribution < -0.4 is 10.2 Å². The van der Waals surface area contributed by atoms with Crippen molar-refractivity contribution >= 4 is 17.3 Å². The second-order valence-electron chi connectivity index (χ2n) is 7.76. The van der Waals surface area contributed by atoms with Crippen LogP contribution in [0.5, 0.6) is 0 Å². The zero-order valence-corrected chi connectivity index (χ0v) is 17.0. The van der Waals surface area contributed by atoms with Gasteiger partial charge in [0.05, 0.1) is 6.04 Å². The number of rotatable bonds is 5. The molecule has 28 heavy (non-hydrogen) atoms. The van der Waals surface area contributed by atoms with Crippen molar-refractivity contribution in [3.05, 3.63) is 59.9 Å². The average Bonchev–Trinajstić information content (AvgIpc) is 2.94. The molecule has 0 aromatic heterocycles. The molecule has 1 aliphatic rings. The first-order chi connectivity index (χ1) is 13.5. The first-order valence-electron chi connectivity index (χ1n) is 10.1. The second kappa shape index (κ2) is 9.20. The largest absolute Gasteiger partial charge is 0.370 e. The minimum atomic E-state index is -0.216. The molecule has 1 amide bonds. The topological polar surface area (TPSA) is 35.6 Å². The third kappa shape index (κ3) is 4.90. The van der Waals surface area contributed by atoms with E-state index in [9.17, 15) is 9.18 Å². The normalized spacial score (nSPS) is 16.7. The number of hydrogen-bond donors (Lipinski definition) is 1. The summed E-state index contributed by atoms with van der Waals surface area (Å²) in [5, 5.41) is 3.12. The van der Waals surface area contributed by atoms with Crippen molar-refractivity contribution in [2.75, 3.05) is 36.4 Å². The standard InChI is InChI=1S/C23H30FN3O/c1-17(2)21-7-4-5-8-22(21)25-23(28)18(3)26-13-6-14-27(16-15-26)20-11-9-19(24)10-12-20/h4-5,7-12,17-18H,6,13-16H2,1-3H3,(H,25,28). The van der Waals surface area contributed by atoms with E-state index in [-0.39, 0.29) is 17.8 Å². The van der Waals surface area contributed by atoms with Gasteiger partial charge in [0.25, 0.3) is 0 Å². The van der Waals surface area contributed by atoms with Crippen molar-refractivity contribution in [1.29, 1.82) is 0 Å². The molecular weight excluding hydrogens is 353 g/mol. The molecule has 150 valence electrons. The van der Waals surface area contributed by atoms with E-state index in [0.717, 1.165) is 49.5 Å². The van der Waals surface area contributed by atoms with Gasteiger partial charge in [-0.2, -0.15) is 0 Å². The van der Waals surface area contributed by atoms with E-state index in [1.807, 2.05) is 37.3 Å². The van der Waals surface area contributed by atoms with E-state index >= 15 is 0 Å². The number of anilines is 2. The number of hydrogen-bond acceptors (Lipinski definition) is 3. The SMILES string of the molecule is CC(C)c1ccccc1NC(=O)C(C)N1CCCN(c2ccc(F)cc2)CC1. The Morgan fingerprint density at radius 2 is 1.68 bits per heavy atom. The molecule has 1 atom stereocenters. The lowest BCUT2D eigenvalue weighted by Gasteiger charge is -2.28. The van der Waals surface area contributed by atoms with Crippen LogP contribution in [0.3, 0.4) is 0 Å². The fraction of sp³-hybridized carbons (Fsp3) is 0.435. The highest BCUT2D eigenvalue weighted by Gasteiger charge is 2.25. The predicted octanol–water partition coefficient (Wildman–Crippen LogP) is 4.49. The van der Waals surface area contributed by atoms with Crippen molar-refractivity contribution in [1.82, 2.24) is 4.90 Å². The Kier molecular flexibility index (Phi) is 6.68. The molecule has 1 fully saturated rings. The lowest BCUT2D eigenvalue weighted by atomic mass is 10.0. The number of benzene rings is 2. The van der Waals surface area contributed by atoms with Gasteiger partial charge in [0.15, 0.2) is 0 Å². The van der Waals surface area contributed by atoms with Crippen LogP contribution in [0.4, 0.5) is 15.8 Å². The summed E-state index contributed by atoms with van der Waals surface area (Å²) < 4.78 is 13.2. The highest BCUT2D eigenvalue weighted by Crippen LogP contribution is 2.24. The Morgan fingerprint density at radius 1 is 0.964 bits per heavy atom. The molecule has 0 aliphatic carbocycles. The van der Waals surface area contributed by atoms with Crippen LogP contribution in [0.25, 0.3) is 0 Å². The van der Waals surface area contributed by atoms with Crippen molar-refractivity contribution in [3.63, 3.8) is 0 Å². The molecule has 5 heteroatoms. The first kappa shape index (κ1) is 20.3. The highest BCUT2D eigenvalue weighted by molar-refractivity contribution is 5.95. The molecule has 2 aromatic carbocycles. The lowest BCUT2D eigenvalue weighted by molar-refractivity contribution is -0.120. The van der Waals surface area contributed by atoms with Gasteiger partial charge in [-0.05, 0) is 55.2 Å². The summed E-state index contributed by atoms with van der Waals surface area (Å²) in [6, 6.07) is 14.4. The molecule has 0 saturated carbocycles. The van der Waals surface area contributed by atoms with Crippen LogP contribution in [0.1, 0.15) is 38.7 Å². The average molecular weight is 384 g/mol. The Labute approximate surface area is 167 Å². The summed E-state index contributed by atoms with van der Waals surface area (Å²) in [7, 11) is 0. The fourth-order valence-corrected chi connectivity index (χ4v) is 3.75. The molecular formula is C23H30FN3O. The fourth-order valence-electron chi connectivity index (χ4n) is 3.75. The van der Waals surface area contributed by atoms with Gasteiger partial charge >= 0.3 is 0 Å². The molecule has 0 bridgehead atoms. The minimum Gasteiger partial charge on any atom is -0.370 e. The summed E-state index contributed by atoms with van der Waals surface area (Å²) in [4.78, 5) is 17.4. The molecule has 1 heterocycles. The van der Waals surface area contributed by atoms with Gasteiger partial charge in [-0.1, -0.05) is 32.0 Å². The Balaban J connectivity index is 1.62. The highest BCUT2D eigenvalue weighted by atomic mass is 19.1. The molecule has 1 unspecified atom stereocenters. The second-order valence-corrected chi connectivity index (χ2v) is 7.76. The van der Waals surface area contributed by atoms with Crippen LogP contribution in [0, 0.1) is 5.82 Å². The zero-order valence-electron chi connectivity index (χ0n) is 17.0. The van der Waals surface area contributed by atoms with Crippen LogP contribution in [0.15, 0.2) is 48.5 Å². The summed E-state index contributed by atoms with van der Waals surface area (Å²) >= 11 is 0. The summed E-state index contributed by atoms with van der Waals surface area (Å²) in [6.07, 6.45) is 0.970. The van der Waals surface area contributed by atoms with E-state index in [2.05, 4.69) is 35.0 Å². The minimum absolute atomic E-state index is 0.0309. The number of amides is 1. The smallest absolute Gasteiger partial charge is 0.241 e. The van der Waals surface area contributed by atoms with Gasteiger partial charge in [-0.3, -0.25) is 9.69 Å². The maximum absolute atomic E-state index is 13.2. The van der Waals surface area contributed by atoms with Crippen LogP contribution in [0.2, 0.25) is 0 Å². The van der Waals surface area contributed by atoms with Crippen LogP contribution >= 0.6 is 0 Å². The number of carbonyl (C=O) groups is 1. The number of nitrogens with zero attached hydrogens (tertiary/aromatic N) is 2. The molecule has 0 spiro atoms. The van der Waals surface area contributed by atoms with E-state index in [1.165, 1.54) is 12.1 Å². The van der Waals surface area contributed by atoms with E-state index in [4.69, 9.17) is 0 Å². The van der Waals surface area contributed by atoms with Gasteiger partial charge in [0.2, 0.25) is 5.91 Å². The van der Waals surface area contributed by atoms with E-state index < -0.39 is 0 Å². The molecule has 4 nitrogen and oxygen atoms in total. The van der Waals surface area contributed by atoms with Gasteiger partial charge in [-0.25, -0.2) is 4.39 Å². The number of para-hydroxylation sites is 1. The number of carbonyl (C=O) groups excluding carboxylic acids is 1. The number of halogens is 1. The monoisotopic (exact) mass is 383 g/mol. The van der Waals surface area contributed by atoms with Crippen molar-refractivity contribution in [2.24, 2.45) is 0 Å². The molecule has 1 saturated heterocycles. The Morgan fingerprint density at radius 3 is 2.39 bits per heavy atom. The summed E-state index contributed by atoms with van der Waals surface area (Å²) in [6.45, 7) is 9.65. The maximum Gasteiger partial charge on any atom is 0.241 e. The molecule has 0 radical (unpaired) electrons. The quantitative estimate of drug-likeness (QED) is 0.826. The van der Waals surface area contributed by atoms with Crippen molar-refractivity contribution in [3.8, 4) is 0 Å². The Hall–Kier alpha value is -2.40. The van der Waals surface area contributed by atoms with Crippen molar-refractivity contribution in [2.45, 2.75) is 39.2 Å². The Bertz CT molecular complexity index is 791. The van der Waals surface area contributed by atoms with Gasteiger partial charge in [0.1, 0.15) is 5.82 Å². The zero-order chi connectivity index (χ0) is 20.1. The lowest BCUT2D eigenvalue weighted by Crippen LogP contribution is -2.44. The van der Waals surface area contributed by atoms with Crippen LogP contribution in [-0.2, 0) is 4.79 Å². The van der Waals surface area contributed by atoms with E-state index in [1.54, 1.807) is 0 Å². The molecule has 1 aliphatic heterocycles. The number of nitrogens with one attached hydrogen (secondary N) is 1. The predicted molar refractivity (Wildman–Crippen MR) is 113 cm³/mol. The molecule has 3 rings (SSSR count). The van der Waals surface area contributed by atoms with Gasteiger partial charge < -0.3 is 10.2 Å².